The number of rotatable bonds is 4. The first-order chi connectivity index (χ1) is 16.4. The van der Waals surface area contributed by atoms with E-state index in [1.807, 2.05) is 37.3 Å². The van der Waals surface area contributed by atoms with E-state index in [0.717, 1.165) is 11.1 Å². The molecule has 0 aromatic heterocycles. The van der Waals surface area contributed by atoms with Gasteiger partial charge in [0.1, 0.15) is 23.9 Å². The number of hydrogen-bond donors (Lipinski definition) is 1. The van der Waals surface area contributed by atoms with Gasteiger partial charge >= 0.3 is 6.09 Å². The Labute approximate surface area is 205 Å². The summed E-state index contributed by atoms with van der Waals surface area (Å²) in [5, 5.41) is 11.2. The predicted molar refractivity (Wildman–Crippen MR) is 126 cm³/mol. The highest BCUT2D eigenvalue weighted by atomic mass is 32.2. The number of aliphatic hydroxyl groups excluding tert-OH is 1. The van der Waals surface area contributed by atoms with Crippen LogP contribution in [0.2, 0.25) is 0 Å². The Kier molecular flexibility index (Phi) is 7.21. The lowest BCUT2D eigenvalue weighted by molar-refractivity contribution is -0.282. The Morgan fingerprint density at radius 3 is 2.37 bits per heavy atom. The Balaban J connectivity index is 1.62. The van der Waals surface area contributed by atoms with Crippen molar-refractivity contribution in [3.05, 3.63) is 65.7 Å². The molecule has 2 aromatic rings. The van der Waals surface area contributed by atoms with Crippen molar-refractivity contribution in [3.63, 3.8) is 0 Å². The SMILES string of the molecule is Cc1ccc(S(=O)(=O)OC2CN(C(=O)OC(C)(C)C)C3COC(c4ccccc4)OC3C2O)cc1. The molecule has 1 amide bonds. The average molecular weight is 506 g/mol. The van der Waals surface area contributed by atoms with Crippen molar-refractivity contribution in [3.8, 4) is 0 Å². The molecule has 0 bridgehead atoms. The summed E-state index contributed by atoms with van der Waals surface area (Å²) in [4.78, 5) is 14.3. The van der Waals surface area contributed by atoms with Crippen LogP contribution < -0.4 is 0 Å². The molecule has 0 aliphatic carbocycles. The van der Waals surface area contributed by atoms with Gasteiger partial charge in [0.25, 0.3) is 10.1 Å². The van der Waals surface area contributed by atoms with Gasteiger partial charge < -0.3 is 19.3 Å². The Bertz CT molecular complexity index is 1130. The largest absolute Gasteiger partial charge is 0.444 e. The summed E-state index contributed by atoms with van der Waals surface area (Å²) in [7, 11) is -4.22. The Hall–Kier alpha value is -2.50. The Morgan fingerprint density at radius 1 is 1.09 bits per heavy atom. The van der Waals surface area contributed by atoms with Crippen LogP contribution in [0.15, 0.2) is 59.5 Å². The number of carbonyl (C=O) groups is 1. The molecule has 35 heavy (non-hydrogen) atoms. The molecule has 2 aliphatic heterocycles. The quantitative estimate of drug-likeness (QED) is 0.631. The van der Waals surface area contributed by atoms with Gasteiger partial charge in [-0.1, -0.05) is 48.0 Å². The van der Waals surface area contributed by atoms with Crippen LogP contribution in [0.3, 0.4) is 0 Å². The molecule has 0 saturated carbocycles. The van der Waals surface area contributed by atoms with Gasteiger partial charge in [0.15, 0.2) is 6.29 Å². The van der Waals surface area contributed by atoms with Crippen LogP contribution in [0.5, 0.6) is 0 Å². The van der Waals surface area contributed by atoms with E-state index in [1.165, 1.54) is 17.0 Å². The molecule has 9 nitrogen and oxygen atoms in total. The summed E-state index contributed by atoms with van der Waals surface area (Å²) >= 11 is 0. The van der Waals surface area contributed by atoms with Crippen LogP contribution in [0.25, 0.3) is 0 Å². The van der Waals surface area contributed by atoms with Crippen LogP contribution in [-0.4, -0.2) is 67.6 Å². The summed E-state index contributed by atoms with van der Waals surface area (Å²) in [5.41, 5.74) is 0.844. The summed E-state index contributed by atoms with van der Waals surface area (Å²) in [6, 6.07) is 14.7. The van der Waals surface area contributed by atoms with E-state index in [9.17, 15) is 18.3 Å². The second-order valence-corrected chi connectivity index (χ2v) is 11.3. The molecule has 5 atom stereocenters. The lowest BCUT2D eigenvalue weighted by atomic mass is 9.93. The van der Waals surface area contributed by atoms with Crippen LogP contribution in [0, 0.1) is 6.92 Å². The molecule has 2 heterocycles. The van der Waals surface area contributed by atoms with Crippen molar-refractivity contribution in [1.29, 1.82) is 0 Å². The number of aryl methyl sites for hydroxylation is 1. The fourth-order valence-electron chi connectivity index (χ4n) is 4.10. The van der Waals surface area contributed by atoms with Gasteiger partial charge in [-0.3, -0.25) is 9.08 Å². The number of fused-ring (bicyclic) bond motifs is 1. The fraction of sp³-hybridized carbons (Fsp3) is 0.480. The number of piperidine rings is 1. The number of amides is 1. The highest BCUT2D eigenvalue weighted by molar-refractivity contribution is 7.86. The number of nitrogens with zero attached hydrogens (tertiary/aromatic N) is 1. The first kappa shape index (κ1) is 25.6. The normalized spacial score (nSPS) is 27.2. The second-order valence-electron chi connectivity index (χ2n) is 9.77. The van der Waals surface area contributed by atoms with E-state index in [-0.39, 0.29) is 18.0 Å². The monoisotopic (exact) mass is 505 g/mol. The molecule has 0 radical (unpaired) electrons. The molecular weight excluding hydrogens is 474 g/mol. The highest BCUT2D eigenvalue weighted by Gasteiger charge is 2.51. The highest BCUT2D eigenvalue weighted by Crippen LogP contribution is 2.35. The minimum absolute atomic E-state index is 0.0451. The van der Waals surface area contributed by atoms with Crippen molar-refractivity contribution < 1.29 is 36.7 Å². The van der Waals surface area contributed by atoms with Crippen molar-refractivity contribution in [2.24, 2.45) is 0 Å². The van der Waals surface area contributed by atoms with Gasteiger partial charge in [-0.05, 0) is 39.8 Å². The van der Waals surface area contributed by atoms with E-state index in [2.05, 4.69) is 0 Å². The zero-order chi connectivity index (χ0) is 25.4. The zero-order valence-electron chi connectivity index (χ0n) is 20.2. The van der Waals surface area contributed by atoms with Gasteiger partial charge in [0, 0.05) is 5.56 Å². The zero-order valence-corrected chi connectivity index (χ0v) is 21.0. The van der Waals surface area contributed by atoms with Crippen LogP contribution in [0.4, 0.5) is 4.79 Å². The van der Waals surface area contributed by atoms with Crippen LogP contribution in [-0.2, 0) is 28.5 Å². The fourth-order valence-corrected chi connectivity index (χ4v) is 5.18. The number of ether oxygens (including phenoxy) is 3. The van der Waals surface area contributed by atoms with E-state index < -0.39 is 52.5 Å². The average Bonchev–Trinajstić information content (AvgIpc) is 2.80. The summed E-state index contributed by atoms with van der Waals surface area (Å²) in [5.74, 6) is 0. The molecule has 4 rings (SSSR count). The maximum atomic E-state index is 13.1. The van der Waals surface area contributed by atoms with Gasteiger partial charge in [-0.15, -0.1) is 0 Å². The maximum absolute atomic E-state index is 13.1. The lowest BCUT2D eigenvalue weighted by Gasteiger charge is -2.49. The van der Waals surface area contributed by atoms with Gasteiger partial charge in [-0.2, -0.15) is 8.42 Å². The standard InChI is InChI=1S/C25H31NO8S/c1-16-10-12-18(13-11-16)35(29,30)34-20-14-26(24(28)33-25(2,3)4)19-15-31-23(32-22(19)21(20)27)17-8-6-5-7-9-17/h5-13,19-23,27H,14-15H2,1-4H3. The summed E-state index contributed by atoms with van der Waals surface area (Å²) in [6.45, 7) is 6.89. The first-order valence-electron chi connectivity index (χ1n) is 11.4. The molecule has 2 aromatic carbocycles. The van der Waals surface area contributed by atoms with E-state index >= 15 is 0 Å². The van der Waals surface area contributed by atoms with Crippen LogP contribution in [0.1, 0.15) is 38.2 Å². The van der Waals surface area contributed by atoms with Crippen molar-refractivity contribution in [1.82, 2.24) is 4.90 Å². The molecule has 5 unspecified atom stereocenters. The van der Waals surface area contributed by atoms with Crippen molar-refractivity contribution >= 4 is 16.2 Å². The third kappa shape index (κ3) is 5.84. The summed E-state index contributed by atoms with van der Waals surface area (Å²) < 4.78 is 48.9. The van der Waals surface area contributed by atoms with Crippen molar-refractivity contribution in [2.45, 2.75) is 68.8 Å². The van der Waals surface area contributed by atoms with Gasteiger partial charge in [-0.25, -0.2) is 4.79 Å². The van der Waals surface area contributed by atoms with Gasteiger partial charge in [0.05, 0.1) is 24.1 Å². The number of benzene rings is 2. The predicted octanol–water partition coefficient (Wildman–Crippen LogP) is 3.16. The summed E-state index contributed by atoms with van der Waals surface area (Å²) in [6.07, 6.45) is -5.04. The molecule has 1 N–H and O–H groups in total. The topological polar surface area (TPSA) is 112 Å². The Morgan fingerprint density at radius 2 is 1.74 bits per heavy atom. The molecular formula is C25H31NO8S. The first-order valence-corrected chi connectivity index (χ1v) is 12.8. The molecule has 0 spiro atoms. The molecule has 190 valence electrons. The molecule has 2 aliphatic rings. The van der Waals surface area contributed by atoms with E-state index in [1.54, 1.807) is 32.9 Å². The number of hydrogen-bond acceptors (Lipinski definition) is 8. The van der Waals surface area contributed by atoms with Crippen LogP contribution >= 0.6 is 0 Å². The number of likely N-dealkylation sites (tertiary alicyclic amines) is 1. The number of carbonyl (C=O) groups excluding carboxylic acids is 1. The third-order valence-corrected chi connectivity index (χ3v) is 7.18. The third-order valence-electron chi connectivity index (χ3n) is 5.83. The lowest BCUT2D eigenvalue weighted by Crippen LogP contribution is -2.67. The van der Waals surface area contributed by atoms with Gasteiger partial charge in [0.2, 0.25) is 0 Å². The minimum Gasteiger partial charge on any atom is -0.444 e. The van der Waals surface area contributed by atoms with Crippen molar-refractivity contribution in [2.75, 3.05) is 13.2 Å². The number of aliphatic hydroxyl groups is 1. The van der Waals surface area contributed by atoms with E-state index in [0.29, 0.717) is 0 Å². The molecule has 2 fully saturated rings. The minimum atomic E-state index is -4.22. The maximum Gasteiger partial charge on any atom is 0.410 e. The molecule has 10 heteroatoms. The smallest absolute Gasteiger partial charge is 0.410 e. The van der Waals surface area contributed by atoms with E-state index in [4.69, 9.17) is 18.4 Å². The second kappa shape index (κ2) is 9.87. The molecule has 2 saturated heterocycles.